The van der Waals surface area contributed by atoms with Crippen molar-refractivity contribution < 1.29 is 18.0 Å². The minimum atomic E-state index is -4.37. The first kappa shape index (κ1) is 17.0. The summed E-state index contributed by atoms with van der Waals surface area (Å²) in [6, 6.07) is 10.4. The van der Waals surface area contributed by atoms with Crippen LogP contribution in [-0.2, 0) is 17.5 Å². The summed E-state index contributed by atoms with van der Waals surface area (Å²) in [4.78, 5) is 16.0. The Morgan fingerprint density at radius 3 is 2.52 bits per heavy atom. The van der Waals surface area contributed by atoms with Gasteiger partial charge in [0.1, 0.15) is 5.82 Å². The molecule has 0 unspecified atom stereocenters. The molecule has 0 spiro atoms. The predicted molar refractivity (Wildman–Crippen MR) is 87.8 cm³/mol. The van der Waals surface area contributed by atoms with Crippen LogP contribution in [0.15, 0.2) is 48.7 Å². The van der Waals surface area contributed by atoms with Crippen molar-refractivity contribution >= 4 is 11.4 Å². The first-order valence-electron chi connectivity index (χ1n) is 7.80. The second-order valence-corrected chi connectivity index (χ2v) is 5.54. The van der Waals surface area contributed by atoms with E-state index in [1.807, 2.05) is 28.8 Å². The molecular formula is C18H16F3N3O. The van der Waals surface area contributed by atoms with E-state index in [-0.39, 0.29) is 12.5 Å². The molecule has 130 valence electrons. The molecule has 0 atom stereocenters. The van der Waals surface area contributed by atoms with Crippen LogP contribution in [0.4, 0.5) is 13.2 Å². The molecule has 2 aromatic heterocycles. The van der Waals surface area contributed by atoms with Gasteiger partial charge >= 0.3 is 6.18 Å². The van der Waals surface area contributed by atoms with Gasteiger partial charge in [0.15, 0.2) is 0 Å². The molecule has 0 aliphatic heterocycles. The van der Waals surface area contributed by atoms with Crippen molar-refractivity contribution in [1.29, 1.82) is 0 Å². The second kappa shape index (κ2) is 6.58. The van der Waals surface area contributed by atoms with Gasteiger partial charge in [0.05, 0.1) is 23.3 Å². The Labute approximate surface area is 142 Å². The van der Waals surface area contributed by atoms with Crippen molar-refractivity contribution in [2.75, 3.05) is 0 Å². The summed E-state index contributed by atoms with van der Waals surface area (Å²) in [5.41, 5.74) is 1.23. The third kappa shape index (κ3) is 3.50. The molecule has 1 amide bonds. The van der Waals surface area contributed by atoms with Gasteiger partial charge in [0.2, 0.25) is 5.91 Å². The average molecular weight is 347 g/mol. The molecule has 7 heteroatoms. The number of nitrogens with one attached hydrogen (secondary N) is 1. The Balaban J connectivity index is 2.00. The number of carbonyl (C=O) groups is 1. The third-order valence-corrected chi connectivity index (χ3v) is 3.87. The molecule has 1 aromatic carbocycles. The number of nitrogens with zero attached hydrogens (tertiary/aromatic N) is 2. The number of imidazole rings is 1. The van der Waals surface area contributed by atoms with E-state index in [1.54, 1.807) is 6.92 Å². The molecular weight excluding hydrogens is 331 g/mol. The van der Waals surface area contributed by atoms with Crippen LogP contribution in [0.1, 0.15) is 24.7 Å². The van der Waals surface area contributed by atoms with E-state index in [2.05, 4.69) is 10.3 Å². The number of pyridine rings is 1. The highest BCUT2D eigenvalue weighted by Gasteiger charge is 2.30. The number of alkyl halides is 3. The molecule has 3 aromatic rings. The smallest absolute Gasteiger partial charge is 0.349 e. The fourth-order valence-corrected chi connectivity index (χ4v) is 2.56. The zero-order valence-corrected chi connectivity index (χ0v) is 13.5. The van der Waals surface area contributed by atoms with Crippen molar-refractivity contribution in [3.05, 3.63) is 60.0 Å². The molecule has 4 nitrogen and oxygen atoms in total. The van der Waals surface area contributed by atoms with Crippen molar-refractivity contribution in [2.45, 2.75) is 26.1 Å². The fraction of sp³-hybridized carbons (Fsp3) is 0.222. The molecule has 0 aliphatic carbocycles. The van der Waals surface area contributed by atoms with E-state index in [0.29, 0.717) is 23.5 Å². The molecule has 25 heavy (non-hydrogen) atoms. The Bertz CT molecular complexity index is 898. The van der Waals surface area contributed by atoms with Crippen LogP contribution in [0.3, 0.4) is 0 Å². The molecule has 0 saturated heterocycles. The lowest BCUT2D eigenvalue weighted by Gasteiger charge is -2.06. The zero-order chi connectivity index (χ0) is 18.0. The number of aromatic nitrogens is 2. The maximum absolute atomic E-state index is 12.7. The lowest BCUT2D eigenvalue weighted by Crippen LogP contribution is -2.22. The Morgan fingerprint density at radius 1 is 1.16 bits per heavy atom. The van der Waals surface area contributed by atoms with Gasteiger partial charge in [-0.25, -0.2) is 4.98 Å². The van der Waals surface area contributed by atoms with Crippen LogP contribution >= 0.6 is 0 Å². The first-order valence-corrected chi connectivity index (χ1v) is 7.80. The molecule has 0 radical (unpaired) electrons. The molecule has 0 fully saturated rings. The van der Waals surface area contributed by atoms with Crippen LogP contribution < -0.4 is 5.32 Å². The normalized spacial score (nSPS) is 11.7. The van der Waals surface area contributed by atoms with Crippen LogP contribution in [-0.4, -0.2) is 15.3 Å². The molecule has 0 aliphatic rings. The SMILES string of the molecule is CCC(=O)NCc1nc(-c2ccc(C(F)(F)F)cc2)c2ccccn12. The average Bonchev–Trinajstić information content (AvgIpc) is 2.98. The monoisotopic (exact) mass is 347 g/mol. The predicted octanol–water partition coefficient (Wildman–Crippen LogP) is 4.05. The minimum absolute atomic E-state index is 0.0937. The van der Waals surface area contributed by atoms with Crippen LogP contribution in [0.5, 0.6) is 0 Å². The van der Waals surface area contributed by atoms with E-state index in [1.165, 1.54) is 12.1 Å². The van der Waals surface area contributed by atoms with E-state index in [4.69, 9.17) is 0 Å². The van der Waals surface area contributed by atoms with Gasteiger partial charge in [-0.05, 0) is 24.3 Å². The number of halogens is 3. The number of benzene rings is 1. The topological polar surface area (TPSA) is 46.4 Å². The third-order valence-electron chi connectivity index (χ3n) is 3.87. The summed E-state index contributed by atoms with van der Waals surface area (Å²) in [5, 5.41) is 2.76. The van der Waals surface area contributed by atoms with Crippen LogP contribution in [0, 0.1) is 0 Å². The molecule has 0 saturated carbocycles. The maximum Gasteiger partial charge on any atom is 0.416 e. The molecule has 3 rings (SSSR count). The quantitative estimate of drug-likeness (QED) is 0.774. The van der Waals surface area contributed by atoms with Gasteiger partial charge in [-0.1, -0.05) is 25.1 Å². The number of hydrogen-bond acceptors (Lipinski definition) is 2. The van der Waals surface area contributed by atoms with Gasteiger partial charge in [-0.3, -0.25) is 4.79 Å². The summed E-state index contributed by atoms with van der Waals surface area (Å²) in [5.74, 6) is 0.524. The number of fused-ring (bicyclic) bond motifs is 1. The van der Waals surface area contributed by atoms with Gasteiger partial charge in [0.25, 0.3) is 0 Å². The molecule has 1 N–H and O–H groups in total. The minimum Gasteiger partial charge on any atom is -0.349 e. The highest BCUT2D eigenvalue weighted by atomic mass is 19.4. The summed E-state index contributed by atoms with van der Waals surface area (Å²) >= 11 is 0. The van der Waals surface area contributed by atoms with Crippen molar-refractivity contribution in [3.8, 4) is 11.3 Å². The highest BCUT2D eigenvalue weighted by Crippen LogP contribution is 2.32. The van der Waals surface area contributed by atoms with E-state index in [9.17, 15) is 18.0 Å². The molecule has 2 heterocycles. The highest BCUT2D eigenvalue weighted by molar-refractivity contribution is 5.78. The maximum atomic E-state index is 12.7. The van der Waals surface area contributed by atoms with E-state index < -0.39 is 11.7 Å². The van der Waals surface area contributed by atoms with Gasteiger partial charge in [-0.2, -0.15) is 13.2 Å². The lowest BCUT2D eigenvalue weighted by atomic mass is 10.1. The van der Waals surface area contributed by atoms with Gasteiger partial charge < -0.3 is 9.72 Å². The Hall–Kier alpha value is -2.83. The van der Waals surface area contributed by atoms with Crippen LogP contribution in [0.25, 0.3) is 16.8 Å². The summed E-state index contributed by atoms with van der Waals surface area (Å²) in [6.45, 7) is 2.01. The van der Waals surface area contributed by atoms with Crippen LogP contribution in [0.2, 0.25) is 0 Å². The summed E-state index contributed by atoms with van der Waals surface area (Å²) < 4.78 is 40.0. The zero-order valence-electron chi connectivity index (χ0n) is 13.5. The number of amides is 1. The van der Waals surface area contributed by atoms with E-state index >= 15 is 0 Å². The van der Waals surface area contributed by atoms with E-state index in [0.717, 1.165) is 17.6 Å². The molecule has 0 bridgehead atoms. The Kier molecular flexibility index (Phi) is 4.48. The summed E-state index contributed by atoms with van der Waals surface area (Å²) in [6.07, 6.45) is -2.19. The van der Waals surface area contributed by atoms with Crippen molar-refractivity contribution in [3.63, 3.8) is 0 Å². The largest absolute Gasteiger partial charge is 0.416 e. The Morgan fingerprint density at radius 2 is 1.88 bits per heavy atom. The second-order valence-electron chi connectivity index (χ2n) is 5.54. The van der Waals surface area contributed by atoms with Crippen molar-refractivity contribution in [2.24, 2.45) is 0 Å². The summed E-state index contributed by atoms with van der Waals surface area (Å²) in [7, 11) is 0. The standard InChI is InChI=1S/C18H16F3N3O/c1-2-16(25)22-11-15-23-17(14-5-3-4-10-24(14)15)12-6-8-13(9-7-12)18(19,20)21/h3-10H,2,11H2,1H3,(H,22,25). The number of hydrogen-bond donors (Lipinski definition) is 1. The van der Waals surface area contributed by atoms with Gasteiger partial charge in [0, 0.05) is 18.2 Å². The van der Waals surface area contributed by atoms with Crippen molar-refractivity contribution in [1.82, 2.24) is 14.7 Å². The lowest BCUT2D eigenvalue weighted by molar-refractivity contribution is -0.137. The first-order chi connectivity index (χ1) is 11.9. The van der Waals surface area contributed by atoms with Gasteiger partial charge in [-0.15, -0.1) is 0 Å². The fourth-order valence-electron chi connectivity index (χ4n) is 2.56. The number of rotatable bonds is 4. The number of carbonyl (C=O) groups excluding carboxylic acids is 1.